The molecule has 6 rings (SSSR count). The van der Waals surface area contributed by atoms with Crippen LogP contribution in [0.5, 0.6) is 5.75 Å². The van der Waals surface area contributed by atoms with Gasteiger partial charge >= 0.3 is 23.9 Å². The molecule has 8 heteroatoms. The number of hydrogen-bond donors (Lipinski definition) is 0. The van der Waals surface area contributed by atoms with E-state index < -0.39 is 53.7 Å². The van der Waals surface area contributed by atoms with Crippen LogP contribution in [0.15, 0.2) is 42.5 Å². The van der Waals surface area contributed by atoms with Crippen molar-refractivity contribution in [2.24, 2.45) is 17.8 Å². The van der Waals surface area contributed by atoms with Crippen LogP contribution in [0.2, 0.25) is 0 Å². The minimum absolute atomic E-state index is 0.151. The fraction of sp³-hybridized carbons (Fsp3) is 0.514. The third-order valence-electron chi connectivity index (χ3n) is 9.99. The van der Waals surface area contributed by atoms with E-state index >= 15 is 0 Å². The summed E-state index contributed by atoms with van der Waals surface area (Å²) in [5.74, 6) is -4.77. The molecule has 2 saturated heterocycles. The summed E-state index contributed by atoms with van der Waals surface area (Å²) in [4.78, 5) is 50.9. The SMILES string of the molecule is CCCCCCC1CCC(c2ccc(OC3C4C(=O)OC(=O)C4c4ccccc4C3C3CC(=O)OC3=O)cc2C#N)CC1. The first-order valence-electron chi connectivity index (χ1n) is 15.7. The van der Waals surface area contributed by atoms with E-state index in [-0.39, 0.29) is 6.42 Å². The summed E-state index contributed by atoms with van der Waals surface area (Å²) in [6.07, 6.45) is 9.70. The van der Waals surface area contributed by atoms with Crippen LogP contribution in [0.1, 0.15) is 111 Å². The third kappa shape index (κ3) is 5.58. The maximum atomic E-state index is 13.1. The number of fused-ring (bicyclic) bond motifs is 3. The standard InChI is InChI=1S/C35H37NO7/c1-2-3-4-5-8-20-11-13-21(14-12-20)24-16-15-23(17-22(24)19-36)41-32-29(27-18-28(37)42-33(27)38)25-9-6-7-10-26(25)30-31(32)35(40)43-34(30)39/h6-7,9-10,15-17,20-21,27,29-32H,2-5,8,11-14,18H2,1H3. The third-order valence-corrected chi connectivity index (χ3v) is 9.99. The van der Waals surface area contributed by atoms with Gasteiger partial charge in [-0.05, 0) is 66.3 Å². The van der Waals surface area contributed by atoms with Crippen molar-refractivity contribution in [3.05, 3.63) is 64.7 Å². The van der Waals surface area contributed by atoms with Crippen LogP contribution in [0.25, 0.3) is 0 Å². The Labute approximate surface area is 251 Å². The molecular formula is C35H37NO7. The first kappa shape index (κ1) is 29.1. The zero-order valence-corrected chi connectivity index (χ0v) is 24.5. The summed E-state index contributed by atoms with van der Waals surface area (Å²) in [5, 5.41) is 10.1. The van der Waals surface area contributed by atoms with Gasteiger partial charge in [-0.2, -0.15) is 5.26 Å². The number of nitrogens with zero attached hydrogens (tertiary/aromatic N) is 1. The molecule has 2 aliphatic carbocycles. The molecule has 0 radical (unpaired) electrons. The van der Waals surface area contributed by atoms with Gasteiger partial charge in [0.05, 0.1) is 29.9 Å². The summed E-state index contributed by atoms with van der Waals surface area (Å²) in [5.41, 5.74) is 2.77. The predicted molar refractivity (Wildman–Crippen MR) is 155 cm³/mol. The van der Waals surface area contributed by atoms with Crippen molar-refractivity contribution in [2.45, 2.75) is 95.0 Å². The van der Waals surface area contributed by atoms with Crippen LogP contribution in [0.4, 0.5) is 0 Å². The number of cyclic esters (lactones) is 4. The molecule has 0 bridgehead atoms. The van der Waals surface area contributed by atoms with Crippen molar-refractivity contribution in [2.75, 3.05) is 0 Å². The molecular weight excluding hydrogens is 546 g/mol. The van der Waals surface area contributed by atoms with Gasteiger partial charge in [0, 0.05) is 5.92 Å². The van der Waals surface area contributed by atoms with E-state index in [1.165, 1.54) is 44.9 Å². The maximum absolute atomic E-state index is 13.1. The molecule has 5 unspecified atom stereocenters. The second-order valence-electron chi connectivity index (χ2n) is 12.5. The number of carbonyl (C=O) groups excluding carboxylic acids is 4. The Morgan fingerprint density at radius 2 is 1.60 bits per heavy atom. The van der Waals surface area contributed by atoms with Gasteiger partial charge in [-0.1, -0.05) is 69.4 Å². The van der Waals surface area contributed by atoms with Gasteiger partial charge in [-0.15, -0.1) is 0 Å². The summed E-state index contributed by atoms with van der Waals surface area (Å²) in [7, 11) is 0. The summed E-state index contributed by atoms with van der Waals surface area (Å²) < 4.78 is 16.5. The highest BCUT2D eigenvalue weighted by Gasteiger charge is 2.60. The lowest BCUT2D eigenvalue weighted by molar-refractivity contribution is -0.156. The van der Waals surface area contributed by atoms with Crippen LogP contribution in [-0.2, 0) is 28.7 Å². The van der Waals surface area contributed by atoms with Crippen LogP contribution < -0.4 is 4.74 Å². The van der Waals surface area contributed by atoms with Gasteiger partial charge in [-0.25, -0.2) is 0 Å². The minimum atomic E-state index is -1.01. The highest BCUT2D eigenvalue weighted by atomic mass is 16.6. The fourth-order valence-electron chi connectivity index (χ4n) is 7.85. The number of ether oxygens (including phenoxy) is 3. The number of benzene rings is 2. The lowest BCUT2D eigenvalue weighted by atomic mass is 9.65. The largest absolute Gasteiger partial charge is 0.489 e. The number of unbranched alkanes of at least 4 members (excludes halogenated alkanes) is 3. The first-order valence-corrected chi connectivity index (χ1v) is 15.7. The quantitative estimate of drug-likeness (QED) is 0.194. The van der Waals surface area contributed by atoms with Crippen LogP contribution in [-0.4, -0.2) is 30.0 Å². The summed E-state index contributed by atoms with van der Waals surface area (Å²) in [6, 6.07) is 14.9. The molecule has 8 nitrogen and oxygen atoms in total. The molecule has 0 N–H and O–H groups in total. The Bertz CT molecular complexity index is 1470. The Hall–Kier alpha value is -3.99. The number of carbonyl (C=O) groups is 4. The minimum Gasteiger partial charge on any atom is -0.489 e. The average Bonchev–Trinajstić information content (AvgIpc) is 3.51. The van der Waals surface area contributed by atoms with E-state index in [0.717, 1.165) is 24.3 Å². The van der Waals surface area contributed by atoms with Crippen LogP contribution in [0, 0.1) is 29.1 Å². The van der Waals surface area contributed by atoms with Gasteiger partial charge in [0.1, 0.15) is 17.8 Å². The van der Waals surface area contributed by atoms with E-state index in [4.69, 9.17) is 14.2 Å². The lowest BCUT2D eigenvalue weighted by Gasteiger charge is -2.40. The van der Waals surface area contributed by atoms with Gasteiger partial charge in [0.2, 0.25) is 0 Å². The number of hydrogen-bond acceptors (Lipinski definition) is 8. The molecule has 2 heterocycles. The Morgan fingerprint density at radius 3 is 2.30 bits per heavy atom. The molecule has 5 atom stereocenters. The van der Waals surface area contributed by atoms with E-state index in [1.807, 2.05) is 6.07 Å². The molecule has 2 aliphatic heterocycles. The number of nitriles is 1. The van der Waals surface area contributed by atoms with Gasteiger partial charge in [-0.3, -0.25) is 19.2 Å². The second-order valence-corrected chi connectivity index (χ2v) is 12.5. The molecule has 2 aromatic carbocycles. The van der Waals surface area contributed by atoms with E-state index in [9.17, 15) is 24.4 Å². The molecule has 3 fully saturated rings. The zero-order valence-electron chi connectivity index (χ0n) is 24.5. The van der Waals surface area contributed by atoms with Crippen molar-refractivity contribution in [1.82, 2.24) is 0 Å². The Morgan fingerprint density at radius 1 is 0.837 bits per heavy atom. The molecule has 1 saturated carbocycles. The lowest BCUT2D eigenvalue weighted by Crippen LogP contribution is -2.46. The van der Waals surface area contributed by atoms with Crippen molar-refractivity contribution in [3.63, 3.8) is 0 Å². The van der Waals surface area contributed by atoms with E-state index in [0.29, 0.717) is 28.4 Å². The van der Waals surface area contributed by atoms with Crippen LogP contribution >= 0.6 is 0 Å². The van der Waals surface area contributed by atoms with Crippen molar-refractivity contribution < 1.29 is 33.4 Å². The molecule has 2 aromatic rings. The summed E-state index contributed by atoms with van der Waals surface area (Å²) in [6.45, 7) is 2.23. The average molecular weight is 584 g/mol. The number of rotatable bonds is 9. The van der Waals surface area contributed by atoms with E-state index in [1.54, 1.807) is 36.4 Å². The Kier molecular flexibility index (Phi) is 8.34. The van der Waals surface area contributed by atoms with Gasteiger partial charge < -0.3 is 14.2 Å². The molecule has 0 aromatic heterocycles. The predicted octanol–water partition coefficient (Wildman–Crippen LogP) is 6.22. The molecule has 224 valence electrons. The monoisotopic (exact) mass is 583 g/mol. The smallest absolute Gasteiger partial charge is 0.322 e. The fourth-order valence-corrected chi connectivity index (χ4v) is 7.85. The number of esters is 4. The van der Waals surface area contributed by atoms with Crippen LogP contribution in [0.3, 0.4) is 0 Å². The van der Waals surface area contributed by atoms with E-state index in [2.05, 4.69) is 13.0 Å². The maximum Gasteiger partial charge on any atom is 0.322 e. The second kappa shape index (κ2) is 12.3. The molecule has 43 heavy (non-hydrogen) atoms. The highest BCUT2D eigenvalue weighted by molar-refractivity contribution is 6.01. The molecule has 0 amide bonds. The topological polar surface area (TPSA) is 120 Å². The van der Waals surface area contributed by atoms with Gasteiger partial charge in [0.25, 0.3) is 0 Å². The normalized spacial score (nSPS) is 29.8. The summed E-state index contributed by atoms with van der Waals surface area (Å²) >= 11 is 0. The highest BCUT2D eigenvalue weighted by Crippen LogP contribution is 2.52. The molecule has 0 spiro atoms. The van der Waals surface area contributed by atoms with Crippen molar-refractivity contribution >= 4 is 23.9 Å². The van der Waals surface area contributed by atoms with Gasteiger partial charge in [0.15, 0.2) is 0 Å². The van der Waals surface area contributed by atoms with Crippen molar-refractivity contribution in [3.8, 4) is 11.8 Å². The molecule has 4 aliphatic rings. The zero-order chi connectivity index (χ0) is 30.1. The first-order chi connectivity index (χ1) is 20.9. The van der Waals surface area contributed by atoms with Crippen molar-refractivity contribution in [1.29, 1.82) is 5.26 Å². The Balaban J connectivity index is 1.27.